The predicted molar refractivity (Wildman–Crippen MR) is 85.2 cm³/mol. The zero-order chi connectivity index (χ0) is 14.4. The van der Waals surface area contributed by atoms with Gasteiger partial charge in [-0.15, -0.1) is 0 Å². The number of benzene rings is 2. The molecule has 0 aromatic heterocycles. The normalized spacial score (nSPS) is 10.6. The fourth-order valence-electron chi connectivity index (χ4n) is 1.68. The van der Waals surface area contributed by atoms with Crippen LogP contribution in [0.15, 0.2) is 53.0 Å². The van der Waals surface area contributed by atoms with Gasteiger partial charge in [-0.05, 0) is 39.5 Å². The molecule has 0 amide bonds. The lowest BCUT2D eigenvalue weighted by atomic mass is 10.2. The van der Waals surface area contributed by atoms with Crippen molar-refractivity contribution in [2.45, 2.75) is 20.5 Å². The van der Waals surface area contributed by atoms with Crippen molar-refractivity contribution in [3.63, 3.8) is 0 Å². The summed E-state index contributed by atoms with van der Waals surface area (Å²) >= 11 is 3.50. The summed E-state index contributed by atoms with van der Waals surface area (Å²) in [5.41, 5.74) is 1.15. The van der Waals surface area contributed by atoms with Crippen molar-refractivity contribution in [3.05, 3.63) is 58.6 Å². The summed E-state index contributed by atoms with van der Waals surface area (Å²) in [6.07, 6.45) is 0. The molecule has 20 heavy (non-hydrogen) atoms. The van der Waals surface area contributed by atoms with Gasteiger partial charge in [-0.2, -0.15) is 0 Å². The zero-order valence-corrected chi connectivity index (χ0v) is 13.4. The van der Waals surface area contributed by atoms with Gasteiger partial charge in [0.2, 0.25) is 0 Å². The van der Waals surface area contributed by atoms with E-state index in [0.717, 1.165) is 21.5 Å². The van der Waals surface area contributed by atoms with Crippen LogP contribution < -0.4 is 9.47 Å². The van der Waals surface area contributed by atoms with Gasteiger partial charge in [0.25, 0.3) is 0 Å². The average molecular weight is 335 g/mol. The highest BCUT2D eigenvalue weighted by Crippen LogP contribution is 2.30. The summed E-state index contributed by atoms with van der Waals surface area (Å²) in [5.74, 6) is 2.15. The summed E-state index contributed by atoms with van der Waals surface area (Å²) in [6, 6.07) is 15.9. The van der Waals surface area contributed by atoms with Crippen LogP contribution in [0.2, 0.25) is 0 Å². The Morgan fingerprint density at radius 3 is 2.45 bits per heavy atom. The first-order valence-electron chi connectivity index (χ1n) is 6.74. The first kappa shape index (κ1) is 14.9. The molecular weight excluding hydrogens is 316 g/mol. The largest absolute Gasteiger partial charge is 0.493 e. The average Bonchev–Trinajstić information content (AvgIpc) is 2.46. The topological polar surface area (TPSA) is 18.5 Å². The van der Waals surface area contributed by atoms with E-state index in [2.05, 4.69) is 29.8 Å². The molecule has 0 aliphatic rings. The third-order valence-corrected chi connectivity index (χ3v) is 3.38. The Hall–Kier alpha value is -1.48. The summed E-state index contributed by atoms with van der Waals surface area (Å²) in [6.45, 7) is 5.52. The van der Waals surface area contributed by atoms with Crippen molar-refractivity contribution in [1.29, 1.82) is 0 Å². The SMILES string of the molecule is CC(C)COc1ccc(Br)c(OCc2ccccc2)c1. The molecule has 2 nitrogen and oxygen atoms in total. The van der Waals surface area contributed by atoms with Crippen molar-refractivity contribution in [2.24, 2.45) is 5.92 Å². The second-order valence-electron chi connectivity index (χ2n) is 5.07. The lowest BCUT2D eigenvalue weighted by molar-refractivity contribution is 0.265. The first-order valence-corrected chi connectivity index (χ1v) is 7.53. The van der Waals surface area contributed by atoms with Crippen LogP contribution in [0.1, 0.15) is 19.4 Å². The van der Waals surface area contributed by atoms with Gasteiger partial charge >= 0.3 is 0 Å². The molecule has 0 saturated heterocycles. The van der Waals surface area contributed by atoms with Gasteiger partial charge in [-0.1, -0.05) is 44.2 Å². The molecule has 3 heteroatoms. The summed E-state index contributed by atoms with van der Waals surface area (Å²) in [4.78, 5) is 0. The van der Waals surface area contributed by atoms with E-state index in [1.807, 2.05) is 48.5 Å². The molecule has 2 aromatic rings. The summed E-state index contributed by atoms with van der Waals surface area (Å²) < 4.78 is 12.5. The number of rotatable bonds is 6. The number of halogens is 1. The molecule has 0 heterocycles. The van der Waals surface area contributed by atoms with Crippen LogP contribution in [0.4, 0.5) is 0 Å². The summed E-state index contributed by atoms with van der Waals surface area (Å²) in [5, 5.41) is 0. The van der Waals surface area contributed by atoms with Crippen LogP contribution in [-0.2, 0) is 6.61 Å². The van der Waals surface area contributed by atoms with Gasteiger partial charge in [-0.3, -0.25) is 0 Å². The number of ether oxygens (including phenoxy) is 2. The van der Waals surface area contributed by atoms with Gasteiger partial charge in [0, 0.05) is 6.07 Å². The van der Waals surface area contributed by atoms with Crippen LogP contribution in [0.3, 0.4) is 0 Å². The second-order valence-corrected chi connectivity index (χ2v) is 5.93. The first-order chi connectivity index (χ1) is 9.65. The van der Waals surface area contributed by atoms with Gasteiger partial charge in [0.15, 0.2) is 0 Å². The molecule has 0 N–H and O–H groups in total. The highest BCUT2D eigenvalue weighted by atomic mass is 79.9. The maximum atomic E-state index is 5.84. The fraction of sp³-hybridized carbons (Fsp3) is 0.294. The van der Waals surface area contributed by atoms with E-state index >= 15 is 0 Å². The van der Waals surface area contributed by atoms with Crippen molar-refractivity contribution in [2.75, 3.05) is 6.61 Å². The molecule has 0 saturated carbocycles. The Morgan fingerprint density at radius 1 is 1.00 bits per heavy atom. The van der Waals surface area contributed by atoms with Crippen LogP contribution >= 0.6 is 15.9 Å². The minimum Gasteiger partial charge on any atom is -0.493 e. The van der Waals surface area contributed by atoms with E-state index in [0.29, 0.717) is 19.1 Å². The molecule has 2 aromatic carbocycles. The molecule has 0 aliphatic carbocycles. The Bertz CT molecular complexity index is 538. The van der Waals surface area contributed by atoms with Gasteiger partial charge in [-0.25, -0.2) is 0 Å². The lowest BCUT2D eigenvalue weighted by Gasteiger charge is -2.12. The molecule has 106 valence electrons. The van der Waals surface area contributed by atoms with E-state index in [-0.39, 0.29) is 0 Å². The quantitative estimate of drug-likeness (QED) is 0.734. The Morgan fingerprint density at radius 2 is 1.75 bits per heavy atom. The molecule has 0 aliphatic heterocycles. The molecule has 0 unspecified atom stereocenters. The molecule has 2 rings (SSSR count). The second kappa shape index (κ2) is 7.34. The Kier molecular flexibility index (Phi) is 5.48. The number of hydrogen-bond donors (Lipinski definition) is 0. The minimum absolute atomic E-state index is 0.507. The smallest absolute Gasteiger partial charge is 0.137 e. The maximum Gasteiger partial charge on any atom is 0.137 e. The minimum atomic E-state index is 0.507. The Labute approximate surface area is 128 Å². The lowest BCUT2D eigenvalue weighted by Crippen LogP contribution is -2.04. The molecule has 0 fully saturated rings. The van der Waals surface area contributed by atoms with Crippen LogP contribution in [0.25, 0.3) is 0 Å². The van der Waals surface area contributed by atoms with E-state index in [9.17, 15) is 0 Å². The summed E-state index contributed by atoms with van der Waals surface area (Å²) in [7, 11) is 0. The Balaban J connectivity index is 2.01. The van der Waals surface area contributed by atoms with Gasteiger partial charge in [0.05, 0.1) is 11.1 Å². The highest BCUT2D eigenvalue weighted by Gasteiger charge is 2.05. The van der Waals surface area contributed by atoms with E-state index in [1.54, 1.807) is 0 Å². The number of hydrogen-bond acceptors (Lipinski definition) is 2. The van der Waals surface area contributed by atoms with E-state index in [1.165, 1.54) is 0 Å². The van der Waals surface area contributed by atoms with E-state index < -0.39 is 0 Å². The van der Waals surface area contributed by atoms with Gasteiger partial charge < -0.3 is 9.47 Å². The van der Waals surface area contributed by atoms with Crippen molar-refractivity contribution in [3.8, 4) is 11.5 Å². The van der Waals surface area contributed by atoms with Crippen molar-refractivity contribution < 1.29 is 9.47 Å². The zero-order valence-electron chi connectivity index (χ0n) is 11.8. The maximum absolute atomic E-state index is 5.84. The third-order valence-electron chi connectivity index (χ3n) is 2.72. The van der Waals surface area contributed by atoms with Crippen molar-refractivity contribution >= 4 is 15.9 Å². The van der Waals surface area contributed by atoms with Crippen LogP contribution in [0, 0.1) is 5.92 Å². The molecule has 0 spiro atoms. The monoisotopic (exact) mass is 334 g/mol. The fourth-order valence-corrected chi connectivity index (χ4v) is 2.04. The standard InChI is InChI=1S/C17H19BrO2/c1-13(2)11-19-15-8-9-16(18)17(10-15)20-12-14-6-4-3-5-7-14/h3-10,13H,11-12H2,1-2H3. The van der Waals surface area contributed by atoms with Crippen LogP contribution in [0.5, 0.6) is 11.5 Å². The molecule has 0 bridgehead atoms. The third kappa shape index (κ3) is 4.57. The molecular formula is C17H19BrO2. The van der Waals surface area contributed by atoms with Crippen LogP contribution in [-0.4, -0.2) is 6.61 Å². The predicted octanol–water partition coefficient (Wildman–Crippen LogP) is 5.06. The molecule has 0 atom stereocenters. The van der Waals surface area contributed by atoms with E-state index in [4.69, 9.17) is 9.47 Å². The highest BCUT2D eigenvalue weighted by molar-refractivity contribution is 9.10. The van der Waals surface area contributed by atoms with Crippen molar-refractivity contribution in [1.82, 2.24) is 0 Å². The van der Waals surface area contributed by atoms with Gasteiger partial charge in [0.1, 0.15) is 18.1 Å². The molecule has 0 radical (unpaired) electrons.